The van der Waals surface area contributed by atoms with Gasteiger partial charge in [0.2, 0.25) is 0 Å². The topological polar surface area (TPSA) is 66.4 Å². The summed E-state index contributed by atoms with van der Waals surface area (Å²) < 4.78 is 0. The van der Waals surface area contributed by atoms with E-state index in [1.54, 1.807) is 36.4 Å². The van der Waals surface area contributed by atoms with E-state index in [1.165, 1.54) is 6.07 Å². The first-order chi connectivity index (χ1) is 10.4. The number of amides is 1. The van der Waals surface area contributed by atoms with Crippen LogP contribution in [0.3, 0.4) is 0 Å². The molecule has 4 nitrogen and oxygen atoms in total. The molecule has 0 bridgehead atoms. The first kappa shape index (κ1) is 15.0. The molecule has 1 amide bonds. The van der Waals surface area contributed by atoms with Gasteiger partial charge >= 0.3 is 0 Å². The van der Waals surface area contributed by atoms with Crippen LogP contribution in [0.2, 0.25) is 10.0 Å². The number of carbonyl (C=O) groups is 2. The van der Waals surface area contributed by atoms with Crippen molar-refractivity contribution in [2.45, 2.75) is 12.0 Å². The highest BCUT2D eigenvalue weighted by molar-refractivity contribution is 6.34. The Kier molecular flexibility index (Phi) is 3.68. The number of hydrogen-bond donors (Lipinski definition) is 2. The van der Waals surface area contributed by atoms with Gasteiger partial charge < -0.3 is 10.4 Å². The largest absolute Gasteiger partial charge is 0.375 e. The van der Waals surface area contributed by atoms with Crippen molar-refractivity contribution >= 4 is 40.6 Å². The number of anilines is 1. The SMILES string of the molecule is O=C(C[C@]1(O)C(=O)Nc2ccc(Cl)cc21)c1ccccc1Cl. The molecule has 0 saturated heterocycles. The second-order valence-electron chi connectivity index (χ2n) is 5.08. The zero-order valence-electron chi connectivity index (χ0n) is 11.3. The number of benzene rings is 2. The highest BCUT2D eigenvalue weighted by Gasteiger charge is 2.47. The molecular weight excluding hydrogens is 325 g/mol. The number of rotatable bonds is 3. The van der Waals surface area contributed by atoms with E-state index in [-0.39, 0.29) is 10.6 Å². The normalized spacial score (nSPS) is 19.7. The zero-order valence-corrected chi connectivity index (χ0v) is 12.8. The Balaban J connectivity index is 1.98. The van der Waals surface area contributed by atoms with Crippen molar-refractivity contribution < 1.29 is 14.7 Å². The third kappa shape index (κ3) is 2.39. The third-order valence-electron chi connectivity index (χ3n) is 3.64. The molecular formula is C16H11Cl2NO3. The van der Waals surface area contributed by atoms with Gasteiger partial charge in [-0.3, -0.25) is 9.59 Å². The predicted molar refractivity (Wildman–Crippen MR) is 84.4 cm³/mol. The smallest absolute Gasteiger partial charge is 0.261 e. The van der Waals surface area contributed by atoms with E-state index < -0.39 is 23.7 Å². The van der Waals surface area contributed by atoms with Crippen LogP contribution in [0.25, 0.3) is 0 Å². The summed E-state index contributed by atoms with van der Waals surface area (Å²) in [6.45, 7) is 0. The van der Waals surface area contributed by atoms with Crippen LogP contribution < -0.4 is 5.32 Å². The number of halogens is 2. The summed E-state index contributed by atoms with van der Waals surface area (Å²) in [5, 5.41) is 13.9. The molecule has 1 aliphatic heterocycles. The molecule has 0 spiro atoms. The lowest BCUT2D eigenvalue weighted by Crippen LogP contribution is -2.36. The summed E-state index contributed by atoms with van der Waals surface area (Å²) in [5.74, 6) is -1.07. The molecule has 0 aliphatic carbocycles. The fraction of sp³-hybridized carbons (Fsp3) is 0.125. The number of aliphatic hydroxyl groups is 1. The van der Waals surface area contributed by atoms with Crippen LogP contribution in [-0.2, 0) is 10.4 Å². The number of nitrogens with one attached hydrogen (secondary N) is 1. The summed E-state index contributed by atoms with van der Waals surface area (Å²) in [6.07, 6.45) is -0.407. The lowest BCUT2D eigenvalue weighted by molar-refractivity contribution is -0.133. The Bertz CT molecular complexity index is 791. The Labute approximate surface area is 136 Å². The highest BCUT2D eigenvalue weighted by atomic mass is 35.5. The third-order valence-corrected chi connectivity index (χ3v) is 4.21. The van der Waals surface area contributed by atoms with Gasteiger partial charge in [-0.25, -0.2) is 0 Å². The van der Waals surface area contributed by atoms with Gasteiger partial charge in [-0.05, 0) is 30.3 Å². The maximum atomic E-state index is 12.4. The van der Waals surface area contributed by atoms with Gasteiger partial charge in [0.1, 0.15) is 0 Å². The average Bonchev–Trinajstić information content (AvgIpc) is 2.71. The Morgan fingerprint density at radius 2 is 1.91 bits per heavy atom. The fourth-order valence-corrected chi connectivity index (χ4v) is 2.92. The lowest BCUT2D eigenvalue weighted by Gasteiger charge is -2.20. The summed E-state index contributed by atoms with van der Waals surface area (Å²) in [4.78, 5) is 24.5. The molecule has 2 aromatic carbocycles. The van der Waals surface area contributed by atoms with E-state index in [0.29, 0.717) is 16.3 Å². The lowest BCUT2D eigenvalue weighted by atomic mass is 9.88. The summed E-state index contributed by atoms with van der Waals surface area (Å²) in [5.41, 5.74) is -0.939. The first-order valence-corrected chi connectivity index (χ1v) is 7.29. The van der Waals surface area contributed by atoms with Crippen LogP contribution in [0.1, 0.15) is 22.3 Å². The van der Waals surface area contributed by atoms with Gasteiger partial charge in [0.05, 0.1) is 11.4 Å². The Morgan fingerprint density at radius 1 is 1.18 bits per heavy atom. The Hall–Kier alpha value is -1.88. The van der Waals surface area contributed by atoms with Crippen LogP contribution in [0.15, 0.2) is 42.5 Å². The Morgan fingerprint density at radius 3 is 2.64 bits per heavy atom. The summed E-state index contributed by atoms with van der Waals surface area (Å²) >= 11 is 11.9. The second-order valence-corrected chi connectivity index (χ2v) is 5.93. The monoisotopic (exact) mass is 335 g/mol. The first-order valence-electron chi connectivity index (χ1n) is 6.53. The van der Waals surface area contributed by atoms with Gasteiger partial charge in [0.15, 0.2) is 11.4 Å². The maximum absolute atomic E-state index is 12.4. The molecule has 22 heavy (non-hydrogen) atoms. The van der Waals surface area contributed by atoms with E-state index in [0.717, 1.165) is 0 Å². The number of Topliss-reactive ketones (excluding diaryl/α,β-unsaturated/α-hetero) is 1. The van der Waals surface area contributed by atoms with Crippen LogP contribution in [0, 0.1) is 0 Å². The molecule has 0 saturated carbocycles. The van der Waals surface area contributed by atoms with Crippen LogP contribution in [-0.4, -0.2) is 16.8 Å². The van der Waals surface area contributed by atoms with Crippen molar-refractivity contribution in [3.05, 3.63) is 63.6 Å². The molecule has 0 aromatic heterocycles. The highest BCUT2D eigenvalue weighted by Crippen LogP contribution is 2.40. The molecule has 1 aliphatic rings. The van der Waals surface area contributed by atoms with Gasteiger partial charge in [0.25, 0.3) is 5.91 Å². The molecule has 1 atom stereocenters. The number of carbonyl (C=O) groups excluding carboxylic acids is 2. The van der Waals surface area contributed by atoms with Crippen molar-refractivity contribution in [2.75, 3.05) is 5.32 Å². The van der Waals surface area contributed by atoms with E-state index in [2.05, 4.69) is 5.32 Å². The van der Waals surface area contributed by atoms with Crippen LogP contribution >= 0.6 is 23.2 Å². The second kappa shape index (κ2) is 5.39. The maximum Gasteiger partial charge on any atom is 0.261 e. The van der Waals surface area contributed by atoms with E-state index in [1.807, 2.05) is 0 Å². The predicted octanol–water partition coefficient (Wildman–Crippen LogP) is 3.41. The van der Waals surface area contributed by atoms with E-state index in [4.69, 9.17) is 23.2 Å². The molecule has 1 heterocycles. The zero-order chi connectivity index (χ0) is 15.9. The van der Waals surface area contributed by atoms with Crippen molar-refractivity contribution in [1.82, 2.24) is 0 Å². The van der Waals surface area contributed by atoms with Crippen molar-refractivity contribution in [2.24, 2.45) is 0 Å². The minimum Gasteiger partial charge on any atom is -0.375 e. The minimum atomic E-state index is -1.95. The van der Waals surface area contributed by atoms with Crippen molar-refractivity contribution in [3.63, 3.8) is 0 Å². The molecule has 0 fully saturated rings. The van der Waals surface area contributed by atoms with Crippen LogP contribution in [0.5, 0.6) is 0 Å². The van der Waals surface area contributed by atoms with Gasteiger partial charge in [0, 0.05) is 21.8 Å². The minimum absolute atomic E-state index is 0.265. The van der Waals surface area contributed by atoms with Crippen molar-refractivity contribution in [1.29, 1.82) is 0 Å². The molecule has 2 N–H and O–H groups in total. The number of ketones is 1. The molecule has 3 rings (SSSR count). The van der Waals surface area contributed by atoms with Gasteiger partial charge in [-0.2, -0.15) is 0 Å². The number of hydrogen-bond acceptors (Lipinski definition) is 3. The molecule has 0 radical (unpaired) electrons. The summed E-state index contributed by atoms with van der Waals surface area (Å²) in [6, 6.07) is 11.2. The van der Waals surface area contributed by atoms with Gasteiger partial charge in [-0.1, -0.05) is 35.3 Å². The molecule has 0 unspecified atom stereocenters. The number of fused-ring (bicyclic) bond motifs is 1. The van der Waals surface area contributed by atoms with Crippen LogP contribution in [0.4, 0.5) is 5.69 Å². The molecule has 6 heteroatoms. The van der Waals surface area contributed by atoms with E-state index in [9.17, 15) is 14.7 Å². The quantitative estimate of drug-likeness (QED) is 0.844. The fourth-order valence-electron chi connectivity index (χ4n) is 2.51. The van der Waals surface area contributed by atoms with E-state index >= 15 is 0 Å². The standard InChI is InChI=1S/C16H11Cl2NO3/c17-9-5-6-13-11(7-9)16(22,15(21)19-13)8-14(20)10-3-1-2-4-12(10)18/h1-7,22H,8H2,(H,19,21)/t16-/m1/s1. The van der Waals surface area contributed by atoms with Gasteiger partial charge in [-0.15, -0.1) is 0 Å². The molecule has 2 aromatic rings. The summed E-state index contributed by atoms with van der Waals surface area (Å²) in [7, 11) is 0. The van der Waals surface area contributed by atoms with Crippen molar-refractivity contribution in [3.8, 4) is 0 Å². The average molecular weight is 336 g/mol. The molecule has 112 valence electrons.